The van der Waals surface area contributed by atoms with Crippen LogP contribution in [0.25, 0.3) is 10.9 Å². The highest BCUT2D eigenvalue weighted by Crippen LogP contribution is 2.34. The van der Waals surface area contributed by atoms with Crippen molar-refractivity contribution in [1.29, 1.82) is 5.26 Å². The van der Waals surface area contributed by atoms with Gasteiger partial charge in [-0.05, 0) is 30.7 Å². The first kappa shape index (κ1) is 22.5. The standard InChI is InChI=1S/C23H19N5O6/c1-28-21-13(20(27-28)14-6-8-18(29)26-22(14)31)3-2-4-17(21)34-11-19(30)25-16-7-5-12(10-24)9-15(16)23(32)33/h2-5,7,9,14H,6,8,11H2,1H3,(H,25,30)(H,32,33)(H,26,29,31). The topological polar surface area (TPSA) is 163 Å². The number of fused-ring (bicyclic) bond motifs is 1. The first-order valence-corrected chi connectivity index (χ1v) is 10.3. The van der Waals surface area contributed by atoms with Gasteiger partial charge in [0.1, 0.15) is 11.3 Å². The fraction of sp³-hybridized carbons (Fsp3) is 0.217. The quantitative estimate of drug-likeness (QED) is 0.467. The van der Waals surface area contributed by atoms with Crippen molar-refractivity contribution in [3.05, 3.63) is 53.2 Å². The number of amides is 3. The second-order valence-corrected chi connectivity index (χ2v) is 7.68. The molecule has 34 heavy (non-hydrogen) atoms. The molecule has 0 aliphatic carbocycles. The molecule has 11 nitrogen and oxygen atoms in total. The summed E-state index contributed by atoms with van der Waals surface area (Å²) in [7, 11) is 1.68. The van der Waals surface area contributed by atoms with Crippen molar-refractivity contribution >= 4 is 40.3 Å². The Hall–Kier alpha value is -4.72. The number of carboxylic acids is 1. The minimum Gasteiger partial charge on any atom is -0.481 e. The third kappa shape index (κ3) is 4.29. The van der Waals surface area contributed by atoms with Gasteiger partial charge in [-0.3, -0.25) is 24.4 Å². The summed E-state index contributed by atoms with van der Waals surface area (Å²) in [5.41, 5.74) is 1.07. The highest BCUT2D eigenvalue weighted by Gasteiger charge is 2.32. The predicted octanol–water partition coefficient (Wildman–Crippen LogP) is 1.68. The van der Waals surface area contributed by atoms with Crippen LogP contribution >= 0.6 is 0 Å². The van der Waals surface area contributed by atoms with Crippen LogP contribution in [-0.2, 0) is 21.4 Å². The molecule has 1 unspecified atom stereocenters. The lowest BCUT2D eigenvalue weighted by Crippen LogP contribution is -2.39. The first-order chi connectivity index (χ1) is 16.3. The largest absolute Gasteiger partial charge is 0.481 e. The molecule has 172 valence electrons. The van der Waals surface area contributed by atoms with E-state index in [0.717, 1.165) is 0 Å². The van der Waals surface area contributed by atoms with Gasteiger partial charge in [0.25, 0.3) is 5.91 Å². The molecule has 2 heterocycles. The van der Waals surface area contributed by atoms with Gasteiger partial charge in [-0.2, -0.15) is 10.4 Å². The SMILES string of the molecule is Cn1nc(C2CCC(=O)NC2=O)c2cccc(OCC(=O)Nc3ccc(C#N)cc3C(=O)O)c21. The highest BCUT2D eigenvalue weighted by atomic mass is 16.5. The maximum Gasteiger partial charge on any atom is 0.337 e. The average molecular weight is 461 g/mol. The number of carbonyl (C=O) groups is 4. The summed E-state index contributed by atoms with van der Waals surface area (Å²) in [4.78, 5) is 47.7. The number of carboxylic acid groups (broad SMARTS) is 1. The van der Waals surface area contributed by atoms with E-state index in [9.17, 15) is 24.3 Å². The molecular formula is C23H19N5O6. The van der Waals surface area contributed by atoms with E-state index in [0.29, 0.717) is 28.8 Å². The van der Waals surface area contributed by atoms with Crippen molar-refractivity contribution < 1.29 is 29.0 Å². The minimum atomic E-state index is -1.28. The Morgan fingerprint density at radius 3 is 2.82 bits per heavy atom. The molecule has 1 atom stereocenters. The molecular weight excluding hydrogens is 442 g/mol. The molecule has 1 fully saturated rings. The maximum absolute atomic E-state index is 12.5. The third-order valence-corrected chi connectivity index (χ3v) is 5.44. The number of aromatic carboxylic acids is 1. The van der Waals surface area contributed by atoms with E-state index < -0.39 is 30.3 Å². The minimum absolute atomic E-state index is 0.0407. The number of hydrogen-bond acceptors (Lipinski definition) is 7. The summed E-state index contributed by atoms with van der Waals surface area (Å²) in [6.07, 6.45) is 0.569. The Balaban J connectivity index is 1.54. The third-order valence-electron chi connectivity index (χ3n) is 5.44. The molecule has 0 spiro atoms. The van der Waals surface area contributed by atoms with Gasteiger partial charge in [-0.25, -0.2) is 4.79 Å². The van der Waals surface area contributed by atoms with Crippen molar-refractivity contribution in [3.8, 4) is 11.8 Å². The molecule has 1 aliphatic rings. The van der Waals surface area contributed by atoms with Crippen LogP contribution in [0.2, 0.25) is 0 Å². The Bertz CT molecular complexity index is 1390. The molecule has 4 rings (SSSR count). The number of ether oxygens (including phenoxy) is 1. The second kappa shape index (κ2) is 9.03. The fourth-order valence-electron chi connectivity index (χ4n) is 3.89. The van der Waals surface area contributed by atoms with Crippen LogP contribution in [-0.4, -0.2) is 45.2 Å². The number of hydrogen-bond donors (Lipinski definition) is 3. The Labute approximate surface area is 192 Å². The van der Waals surface area contributed by atoms with Crippen molar-refractivity contribution in [1.82, 2.24) is 15.1 Å². The monoisotopic (exact) mass is 461 g/mol. The zero-order valence-electron chi connectivity index (χ0n) is 18.0. The Morgan fingerprint density at radius 2 is 2.12 bits per heavy atom. The number of carbonyl (C=O) groups excluding carboxylic acids is 3. The molecule has 1 aliphatic heterocycles. The number of para-hydroxylation sites is 1. The summed E-state index contributed by atoms with van der Waals surface area (Å²) in [6.45, 7) is -0.420. The van der Waals surface area contributed by atoms with E-state index in [4.69, 9.17) is 10.00 Å². The summed E-state index contributed by atoms with van der Waals surface area (Å²) < 4.78 is 7.24. The molecule has 0 radical (unpaired) electrons. The lowest BCUT2D eigenvalue weighted by Gasteiger charge is -2.19. The van der Waals surface area contributed by atoms with Gasteiger partial charge in [-0.1, -0.05) is 12.1 Å². The normalized spacial score (nSPS) is 15.5. The number of anilines is 1. The molecule has 3 aromatic rings. The molecule has 0 saturated carbocycles. The van der Waals surface area contributed by atoms with Crippen LogP contribution in [0.15, 0.2) is 36.4 Å². The molecule has 1 aromatic heterocycles. The van der Waals surface area contributed by atoms with Crippen LogP contribution in [0.3, 0.4) is 0 Å². The molecule has 1 saturated heterocycles. The van der Waals surface area contributed by atoms with Crippen molar-refractivity contribution in [3.63, 3.8) is 0 Å². The average Bonchev–Trinajstić information content (AvgIpc) is 3.14. The van der Waals surface area contributed by atoms with Crippen LogP contribution in [0.1, 0.15) is 40.4 Å². The summed E-state index contributed by atoms with van der Waals surface area (Å²) in [5, 5.41) is 28.2. The molecule has 3 N–H and O–H groups in total. The van der Waals surface area contributed by atoms with Gasteiger partial charge in [0.15, 0.2) is 6.61 Å². The number of aromatic nitrogens is 2. The van der Waals surface area contributed by atoms with Crippen LogP contribution in [0.5, 0.6) is 5.75 Å². The van der Waals surface area contributed by atoms with Gasteiger partial charge in [0.2, 0.25) is 11.8 Å². The number of nitrogens with zero attached hydrogens (tertiary/aromatic N) is 3. The lowest BCUT2D eigenvalue weighted by atomic mass is 9.93. The number of aryl methyl sites for hydroxylation is 1. The molecule has 2 aromatic carbocycles. The Morgan fingerprint density at radius 1 is 1.32 bits per heavy atom. The number of benzene rings is 2. The smallest absolute Gasteiger partial charge is 0.337 e. The van der Waals surface area contributed by atoms with E-state index in [-0.39, 0.29) is 29.1 Å². The van der Waals surface area contributed by atoms with Crippen LogP contribution in [0.4, 0.5) is 5.69 Å². The van der Waals surface area contributed by atoms with Crippen LogP contribution < -0.4 is 15.4 Å². The number of rotatable bonds is 6. The summed E-state index contributed by atoms with van der Waals surface area (Å²) in [6, 6.07) is 10.9. The van der Waals surface area contributed by atoms with Gasteiger partial charge >= 0.3 is 5.97 Å². The maximum atomic E-state index is 12.5. The Kier molecular flexibility index (Phi) is 5.97. The number of nitrogens with one attached hydrogen (secondary N) is 2. The van der Waals surface area contributed by atoms with E-state index >= 15 is 0 Å². The zero-order chi connectivity index (χ0) is 24.4. The lowest BCUT2D eigenvalue weighted by molar-refractivity contribution is -0.134. The van der Waals surface area contributed by atoms with Gasteiger partial charge in [0.05, 0.1) is 34.5 Å². The van der Waals surface area contributed by atoms with E-state index in [1.54, 1.807) is 29.9 Å². The van der Waals surface area contributed by atoms with Gasteiger partial charge in [0, 0.05) is 18.9 Å². The molecule has 11 heteroatoms. The van der Waals surface area contributed by atoms with Gasteiger partial charge < -0.3 is 15.2 Å². The van der Waals surface area contributed by atoms with E-state index in [2.05, 4.69) is 15.7 Å². The first-order valence-electron chi connectivity index (χ1n) is 10.3. The van der Waals surface area contributed by atoms with Crippen LogP contribution in [0, 0.1) is 11.3 Å². The van der Waals surface area contributed by atoms with E-state index in [1.165, 1.54) is 18.2 Å². The number of imide groups is 1. The summed E-state index contributed by atoms with van der Waals surface area (Å²) in [5.74, 6) is -2.83. The van der Waals surface area contributed by atoms with Gasteiger partial charge in [-0.15, -0.1) is 0 Å². The second-order valence-electron chi connectivity index (χ2n) is 7.68. The number of nitriles is 1. The number of piperidine rings is 1. The highest BCUT2D eigenvalue weighted by molar-refractivity contribution is 6.03. The molecule has 0 bridgehead atoms. The summed E-state index contributed by atoms with van der Waals surface area (Å²) >= 11 is 0. The van der Waals surface area contributed by atoms with Crippen molar-refractivity contribution in [2.45, 2.75) is 18.8 Å². The van der Waals surface area contributed by atoms with Crippen molar-refractivity contribution in [2.24, 2.45) is 7.05 Å². The molecule has 3 amide bonds. The predicted molar refractivity (Wildman–Crippen MR) is 118 cm³/mol. The fourth-order valence-corrected chi connectivity index (χ4v) is 3.89. The van der Waals surface area contributed by atoms with E-state index in [1.807, 2.05) is 6.07 Å². The van der Waals surface area contributed by atoms with Crippen molar-refractivity contribution in [2.75, 3.05) is 11.9 Å². The zero-order valence-corrected chi connectivity index (χ0v) is 18.0.